The molecule has 34 heavy (non-hydrogen) atoms. The van der Waals surface area contributed by atoms with Crippen LogP contribution in [-0.4, -0.2) is 55.1 Å². The molecule has 2 fully saturated rings. The van der Waals surface area contributed by atoms with E-state index in [1.54, 1.807) is 43.5 Å². The van der Waals surface area contributed by atoms with E-state index in [1.807, 2.05) is 7.05 Å². The van der Waals surface area contributed by atoms with Crippen LogP contribution in [0.2, 0.25) is 0 Å². The predicted octanol–water partition coefficient (Wildman–Crippen LogP) is 3.48. The van der Waals surface area contributed by atoms with Gasteiger partial charge in [-0.1, -0.05) is 19.3 Å². The number of carbonyl (C=O) groups excluding carboxylic acids is 2. The number of fused-ring (bicyclic) bond motifs is 2. The number of nitrogens with zero attached hydrogens (tertiary/aromatic N) is 4. The highest BCUT2D eigenvalue weighted by atomic mass is 16.5. The summed E-state index contributed by atoms with van der Waals surface area (Å²) in [5.41, 5.74) is 1.94. The number of rotatable bonds is 5. The number of carbonyl (C=O) groups is 2. The maximum atomic E-state index is 13.3. The van der Waals surface area contributed by atoms with Crippen molar-refractivity contribution in [1.82, 2.24) is 15.3 Å². The second-order valence-corrected chi connectivity index (χ2v) is 9.37. The van der Waals surface area contributed by atoms with E-state index in [0.29, 0.717) is 29.0 Å². The number of amides is 2. The van der Waals surface area contributed by atoms with Crippen LogP contribution in [0.5, 0.6) is 5.75 Å². The summed E-state index contributed by atoms with van der Waals surface area (Å²) in [7, 11) is 5.00. The largest absolute Gasteiger partial charge is 0.495 e. The van der Waals surface area contributed by atoms with Crippen LogP contribution in [0, 0.1) is 5.92 Å². The third-order valence-corrected chi connectivity index (χ3v) is 7.50. The minimum Gasteiger partial charge on any atom is -0.495 e. The Bertz CT molecular complexity index is 1100. The van der Waals surface area contributed by atoms with Crippen LogP contribution in [0.4, 0.5) is 23.1 Å². The molecule has 2 atom stereocenters. The molecule has 3 aliphatic rings. The molecular weight excluding hydrogens is 432 g/mol. The molecule has 2 aromatic rings. The fourth-order valence-electron chi connectivity index (χ4n) is 5.77. The zero-order valence-electron chi connectivity index (χ0n) is 20.0. The lowest BCUT2D eigenvalue weighted by Crippen LogP contribution is -2.46. The van der Waals surface area contributed by atoms with E-state index in [0.717, 1.165) is 43.6 Å². The van der Waals surface area contributed by atoms with Gasteiger partial charge in [-0.2, -0.15) is 4.98 Å². The fraction of sp³-hybridized carbons (Fsp3) is 0.520. The molecule has 2 N–H and O–H groups in total. The van der Waals surface area contributed by atoms with Crippen LogP contribution in [0.1, 0.15) is 55.3 Å². The molecule has 0 saturated heterocycles. The summed E-state index contributed by atoms with van der Waals surface area (Å²) in [6.45, 7) is 0. The van der Waals surface area contributed by atoms with Crippen LogP contribution in [-0.2, 0) is 4.79 Å². The molecule has 0 spiro atoms. The second-order valence-electron chi connectivity index (χ2n) is 9.37. The van der Waals surface area contributed by atoms with Crippen LogP contribution < -0.4 is 25.2 Å². The Morgan fingerprint density at radius 3 is 2.68 bits per heavy atom. The zero-order valence-corrected chi connectivity index (χ0v) is 20.0. The second kappa shape index (κ2) is 9.12. The minimum absolute atomic E-state index is 0.00793. The Balaban J connectivity index is 1.53. The number of anilines is 4. The monoisotopic (exact) mass is 464 g/mol. The van der Waals surface area contributed by atoms with Gasteiger partial charge in [-0.05, 0) is 43.9 Å². The number of ether oxygens (including phenoxy) is 1. The summed E-state index contributed by atoms with van der Waals surface area (Å²) < 4.78 is 5.51. The van der Waals surface area contributed by atoms with Crippen LogP contribution in [0.15, 0.2) is 24.4 Å². The summed E-state index contributed by atoms with van der Waals surface area (Å²) >= 11 is 0. The predicted molar refractivity (Wildman–Crippen MR) is 131 cm³/mol. The van der Waals surface area contributed by atoms with Crippen molar-refractivity contribution in [3.8, 4) is 5.75 Å². The van der Waals surface area contributed by atoms with E-state index in [-0.39, 0.29) is 23.8 Å². The fourth-order valence-corrected chi connectivity index (χ4v) is 5.77. The molecule has 180 valence electrons. The number of hydrogen-bond donors (Lipinski definition) is 2. The third-order valence-electron chi connectivity index (χ3n) is 7.50. The summed E-state index contributed by atoms with van der Waals surface area (Å²) in [5.74, 6) is 1.78. The van der Waals surface area contributed by atoms with E-state index in [2.05, 4.69) is 20.5 Å². The SMILES string of the molecule is CNC(=O)c1ccc(Nc2ncc3c(n2)N(C2CCCC2)[C@@H]2CCC[C@@H]2C(=O)N3C)c(OC)c1. The molecule has 2 saturated carbocycles. The first-order valence-electron chi connectivity index (χ1n) is 12.1. The smallest absolute Gasteiger partial charge is 0.251 e. The van der Waals surface area contributed by atoms with Gasteiger partial charge in [-0.25, -0.2) is 4.98 Å². The van der Waals surface area contributed by atoms with Gasteiger partial charge in [-0.3, -0.25) is 9.59 Å². The average Bonchev–Trinajstić information content (AvgIpc) is 3.55. The lowest BCUT2D eigenvalue weighted by molar-refractivity contribution is -0.122. The van der Waals surface area contributed by atoms with Gasteiger partial charge in [0.05, 0.1) is 24.9 Å². The molecule has 9 nitrogen and oxygen atoms in total. The Morgan fingerprint density at radius 1 is 1.15 bits per heavy atom. The molecule has 0 bridgehead atoms. The molecule has 1 aromatic heterocycles. The standard InChI is InChI=1S/C25H32N6O3/c1-26-23(32)15-11-12-18(21(13-15)34-3)28-25-27-14-20-22(29-25)31(16-7-4-5-8-16)19-10-6-9-17(19)24(33)30(20)2/h11-14,16-17,19H,4-10H2,1-3H3,(H,26,32)(H,27,28,29)/t17-,19+/m0/s1. The van der Waals surface area contributed by atoms with E-state index in [9.17, 15) is 9.59 Å². The van der Waals surface area contributed by atoms with Gasteiger partial charge in [0.1, 0.15) is 11.4 Å². The number of nitrogens with one attached hydrogen (secondary N) is 2. The molecule has 0 unspecified atom stereocenters. The van der Waals surface area contributed by atoms with Crippen molar-refractivity contribution in [3.63, 3.8) is 0 Å². The van der Waals surface area contributed by atoms with Gasteiger partial charge in [0.2, 0.25) is 11.9 Å². The van der Waals surface area contributed by atoms with Gasteiger partial charge in [0.25, 0.3) is 5.91 Å². The van der Waals surface area contributed by atoms with Gasteiger partial charge < -0.3 is 25.2 Å². The molecule has 0 radical (unpaired) electrons. The first-order valence-corrected chi connectivity index (χ1v) is 12.1. The third kappa shape index (κ3) is 3.82. The average molecular weight is 465 g/mol. The highest BCUT2D eigenvalue weighted by molar-refractivity contribution is 5.99. The number of hydrogen-bond acceptors (Lipinski definition) is 7. The van der Waals surface area contributed by atoms with E-state index in [1.165, 1.54) is 12.8 Å². The minimum atomic E-state index is -0.183. The van der Waals surface area contributed by atoms with Crippen molar-refractivity contribution < 1.29 is 14.3 Å². The molecule has 1 aliphatic heterocycles. The molecule has 1 aromatic carbocycles. The Morgan fingerprint density at radius 2 is 1.94 bits per heavy atom. The van der Waals surface area contributed by atoms with E-state index >= 15 is 0 Å². The number of methoxy groups -OCH3 is 1. The van der Waals surface area contributed by atoms with Crippen LogP contribution >= 0.6 is 0 Å². The van der Waals surface area contributed by atoms with Gasteiger partial charge in [-0.15, -0.1) is 0 Å². The zero-order chi connectivity index (χ0) is 23.8. The first kappa shape index (κ1) is 22.4. The van der Waals surface area contributed by atoms with Crippen molar-refractivity contribution in [2.75, 3.05) is 36.3 Å². The lowest BCUT2D eigenvalue weighted by atomic mass is 9.99. The molecular formula is C25H32N6O3. The van der Waals surface area contributed by atoms with Crippen molar-refractivity contribution in [1.29, 1.82) is 0 Å². The number of aromatic nitrogens is 2. The van der Waals surface area contributed by atoms with Crippen LogP contribution in [0.25, 0.3) is 0 Å². The molecule has 2 aliphatic carbocycles. The van der Waals surface area contributed by atoms with E-state index in [4.69, 9.17) is 9.72 Å². The van der Waals surface area contributed by atoms with E-state index < -0.39 is 0 Å². The Kier molecular flexibility index (Phi) is 6.02. The Hall–Kier alpha value is -3.36. The van der Waals surface area contributed by atoms with Gasteiger partial charge in [0.15, 0.2) is 5.82 Å². The maximum absolute atomic E-state index is 13.3. The van der Waals surface area contributed by atoms with Gasteiger partial charge in [0, 0.05) is 31.7 Å². The van der Waals surface area contributed by atoms with Crippen molar-refractivity contribution in [3.05, 3.63) is 30.0 Å². The summed E-state index contributed by atoms with van der Waals surface area (Å²) in [6, 6.07) is 5.78. The molecule has 9 heteroatoms. The molecule has 2 amide bonds. The highest BCUT2D eigenvalue weighted by Gasteiger charge is 2.45. The summed E-state index contributed by atoms with van der Waals surface area (Å²) in [4.78, 5) is 39.0. The molecule has 2 heterocycles. The quantitative estimate of drug-likeness (QED) is 0.699. The normalized spacial score (nSPS) is 22.3. The maximum Gasteiger partial charge on any atom is 0.251 e. The van der Waals surface area contributed by atoms with Crippen molar-refractivity contribution in [2.24, 2.45) is 5.92 Å². The number of benzene rings is 1. The first-order chi connectivity index (χ1) is 16.5. The van der Waals surface area contributed by atoms with Gasteiger partial charge >= 0.3 is 0 Å². The lowest BCUT2D eigenvalue weighted by Gasteiger charge is -2.36. The van der Waals surface area contributed by atoms with Crippen molar-refractivity contribution in [2.45, 2.75) is 57.0 Å². The molecule has 5 rings (SSSR count). The van der Waals surface area contributed by atoms with Crippen LogP contribution in [0.3, 0.4) is 0 Å². The Labute approximate surface area is 199 Å². The topological polar surface area (TPSA) is 99.7 Å². The highest BCUT2D eigenvalue weighted by Crippen LogP contribution is 2.45. The van der Waals surface area contributed by atoms with Crippen molar-refractivity contribution >= 4 is 35.0 Å². The summed E-state index contributed by atoms with van der Waals surface area (Å²) in [6.07, 6.45) is 9.44. The summed E-state index contributed by atoms with van der Waals surface area (Å²) in [5, 5.41) is 5.89.